The van der Waals surface area contributed by atoms with Gasteiger partial charge in [-0.05, 0) is 30.3 Å². The van der Waals surface area contributed by atoms with Crippen LogP contribution in [0, 0.1) is 0 Å². The van der Waals surface area contributed by atoms with Crippen LogP contribution >= 0.6 is 11.3 Å². The lowest BCUT2D eigenvalue weighted by Gasteiger charge is -1.98. The van der Waals surface area contributed by atoms with Crippen LogP contribution in [0.15, 0.2) is 55.6 Å². The molecule has 0 radical (unpaired) electrons. The average Bonchev–Trinajstić information content (AvgIpc) is 3.26. The summed E-state index contributed by atoms with van der Waals surface area (Å²) in [7, 11) is 0. The Labute approximate surface area is 132 Å². The van der Waals surface area contributed by atoms with E-state index in [2.05, 4.69) is 15.3 Å². The number of thiazole rings is 1. The molecule has 0 bridgehead atoms. The highest BCUT2D eigenvalue weighted by Gasteiger charge is 2.12. The first-order chi connectivity index (χ1) is 11.2. The monoisotopic (exact) mass is 327 g/mol. The Morgan fingerprint density at radius 3 is 3.04 bits per heavy atom. The first-order valence-electron chi connectivity index (χ1n) is 6.63. The lowest BCUT2D eigenvalue weighted by molar-refractivity contribution is 0.0996. The molecule has 2 N–H and O–H groups in total. The van der Waals surface area contributed by atoms with Crippen molar-refractivity contribution in [2.75, 3.05) is 5.32 Å². The number of H-pyrrole nitrogens is 1. The number of aromatic nitrogens is 2. The molecule has 0 saturated carbocycles. The van der Waals surface area contributed by atoms with Crippen LogP contribution in [0.3, 0.4) is 0 Å². The predicted octanol–water partition coefficient (Wildman–Crippen LogP) is 3.09. The molecule has 0 fully saturated rings. The first kappa shape index (κ1) is 13.5. The number of carbonyl (C=O) groups is 1. The van der Waals surface area contributed by atoms with Crippen molar-refractivity contribution < 1.29 is 13.6 Å². The van der Waals surface area contributed by atoms with E-state index in [0.29, 0.717) is 21.9 Å². The number of aromatic amines is 1. The fourth-order valence-electron chi connectivity index (χ4n) is 2.14. The summed E-state index contributed by atoms with van der Waals surface area (Å²) in [5.41, 5.74) is 2.58. The third-order valence-corrected chi connectivity index (χ3v) is 3.94. The Balaban J connectivity index is 1.61. The topological polar surface area (TPSA) is 101 Å². The van der Waals surface area contributed by atoms with Crippen molar-refractivity contribution in [3.63, 3.8) is 0 Å². The zero-order valence-corrected chi connectivity index (χ0v) is 12.3. The number of furan rings is 1. The second kappa shape index (κ2) is 5.25. The van der Waals surface area contributed by atoms with Crippen LogP contribution in [0.2, 0.25) is 0 Å². The molecule has 7 nitrogen and oxygen atoms in total. The Morgan fingerprint density at radius 1 is 1.30 bits per heavy atom. The Bertz CT molecular complexity index is 1040. The third-order valence-electron chi connectivity index (χ3n) is 3.18. The van der Waals surface area contributed by atoms with Crippen LogP contribution in [0.5, 0.6) is 0 Å². The molecule has 0 unspecified atom stereocenters. The van der Waals surface area contributed by atoms with Crippen LogP contribution in [-0.2, 0) is 0 Å². The van der Waals surface area contributed by atoms with E-state index in [4.69, 9.17) is 8.83 Å². The van der Waals surface area contributed by atoms with Gasteiger partial charge in [-0.3, -0.25) is 15.1 Å². The smallest absolute Gasteiger partial charge is 0.417 e. The molecule has 4 aromatic rings. The number of hydrogen-bond acceptors (Lipinski definition) is 6. The van der Waals surface area contributed by atoms with Crippen molar-refractivity contribution in [1.82, 2.24) is 9.97 Å². The van der Waals surface area contributed by atoms with Gasteiger partial charge < -0.3 is 8.83 Å². The maximum Gasteiger partial charge on any atom is 0.417 e. The maximum atomic E-state index is 11.9. The molecule has 0 aliphatic rings. The first-order valence-corrected chi connectivity index (χ1v) is 7.51. The Morgan fingerprint density at radius 2 is 2.22 bits per heavy atom. The lowest BCUT2D eigenvalue weighted by Crippen LogP contribution is -2.10. The molecular formula is C15H9N3O4S. The van der Waals surface area contributed by atoms with Crippen molar-refractivity contribution in [3.05, 3.63) is 58.3 Å². The fraction of sp³-hybridized carbons (Fsp3) is 0. The molecule has 0 atom stereocenters. The SMILES string of the molecule is O=C(Nc1nc(-c2ccc3oc(=O)[nH]c3c2)cs1)c1ccco1. The van der Waals surface area contributed by atoms with E-state index in [1.54, 1.807) is 30.3 Å². The zero-order chi connectivity index (χ0) is 15.8. The van der Waals surface area contributed by atoms with E-state index in [9.17, 15) is 9.59 Å². The molecule has 23 heavy (non-hydrogen) atoms. The van der Waals surface area contributed by atoms with Gasteiger partial charge in [-0.1, -0.05) is 0 Å². The van der Waals surface area contributed by atoms with Gasteiger partial charge in [0.15, 0.2) is 16.5 Å². The number of oxazole rings is 1. The van der Waals surface area contributed by atoms with Crippen LogP contribution < -0.4 is 11.1 Å². The number of carbonyl (C=O) groups excluding carboxylic acids is 1. The van der Waals surface area contributed by atoms with Gasteiger partial charge in [0, 0.05) is 10.9 Å². The highest BCUT2D eigenvalue weighted by molar-refractivity contribution is 7.14. The van der Waals surface area contributed by atoms with Gasteiger partial charge >= 0.3 is 5.76 Å². The van der Waals surface area contributed by atoms with E-state index in [1.807, 2.05) is 5.38 Å². The number of anilines is 1. The minimum Gasteiger partial charge on any atom is -0.459 e. The normalized spacial score (nSPS) is 11.0. The van der Waals surface area contributed by atoms with E-state index in [-0.39, 0.29) is 11.7 Å². The second-order valence-electron chi connectivity index (χ2n) is 4.69. The number of hydrogen-bond donors (Lipinski definition) is 2. The molecule has 0 aliphatic heterocycles. The number of fused-ring (bicyclic) bond motifs is 1. The van der Waals surface area contributed by atoms with E-state index < -0.39 is 5.76 Å². The molecule has 0 aliphatic carbocycles. The maximum absolute atomic E-state index is 11.9. The van der Waals surface area contributed by atoms with Crippen molar-refractivity contribution in [2.24, 2.45) is 0 Å². The van der Waals surface area contributed by atoms with E-state index in [0.717, 1.165) is 5.56 Å². The van der Waals surface area contributed by atoms with Crippen molar-refractivity contribution in [1.29, 1.82) is 0 Å². The lowest BCUT2D eigenvalue weighted by atomic mass is 10.1. The van der Waals surface area contributed by atoms with Crippen LogP contribution in [-0.4, -0.2) is 15.9 Å². The highest BCUT2D eigenvalue weighted by Crippen LogP contribution is 2.27. The zero-order valence-electron chi connectivity index (χ0n) is 11.5. The molecule has 4 rings (SSSR count). The van der Waals surface area contributed by atoms with Gasteiger partial charge in [-0.25, -0.2) is 9.78 Å². The Kier molecular flexibility index (Phi) is 3.09. The summed E-state index contributed by atoms with van der Waals surface area (Å²) in [5.74, 6) is -0.633. The number of nitrogens with zero attached hydrogens (tertiary/aromatic N) is 1. The summed E-state index contributed by atoms with van der Waals surface area (Å²) in [4.78, 5) is 30.1. The van der Waals surface area contributed by atoms with Gasteiger partial charge in [0.2, 0.25) is 0 Å². The third kappa shape index (κ3) is 2.55. The largest absolute Gasteiger partial charge is 0.459 e. The summed E-state index contributed by atoms with van der Waals surface area (Å²) in [6.07, 6.45) is 1.43. The molecule has 0 saturated heterocycles. The molecule has 8 heteroatoms. The minimum atomic E-state index is -0.498. The minimum absolute atomic E-state index is 0.221. The van der Waals surface area contributed by atoms with Gasteiger partial charge in [0.05, 0.1) is 17.5 Å². The summed E-state index contributed by atoms with van der Waals surface area (Å²) in [5, 5.41) is 4.95. The summed E-state index contributed by atoms with van der Waals surface area (Å²) < 4.78 is 9.99. The van der Waals surface area contributed by atoms with E-state index >= 15 is 0 Å². The highest BCUT2D eigenvalue weighted by atomic mass is 32.1. The number of nitrogens with one attached hydrogen (secondary N) is 2. The van der Waals surface area contributed by atoms with Gasteiger partial charge in [-0.2, -0.15) is 0 Å². The number of amides is 1. The summed E-state index contributed by atoms with van der Waals surface area (Å²) >= 11 is 1.30. The standard InChI is InChI=1S/C15H9N3O4S/c19-13(12-2-1-5-21-12)18-14-16-10(7-23-14)8-3-4-11-9(6-8)17-15(20)22-11/h1-7H,(H,17,20)(H,16,18,19). The van der Waals surface area contributed by atoms with Crippen molar-refractivity contribution in [3.8, 4) is 11.3 Å². The fourth-order valence-corrected chi connectivity index (χ4v) is 2.86. The molecule has 1 aromatic carbocycles. The molecular weight excluding hydrogens is 318 g/mol. The van der Waals surface area contributed by atoms with Crippen molar-refractivity contribution >= 4 is 33.5 Å². The molecule has 114 valence electrons. The van der Waals surface area contributed by atoms with Crippen molar-refractivity contribution in [2.45, 2.75) is 0 Å². The summed E-state index contributed by atoms with van der Waals surface area (Å²) in [6, 6.07) is 8.48. The average molecular weight is 327 g/mol. The van der Waals surface area contributed by atoms with Crippen LogP contribution in [0.1, 0.15) is 10.6 Å². The van der Waals surface area contributed by atoms with Gasteiger partial charge in [0.1, 0.15) is 0 Å². The molecule has 3 aromatic heterocycles. The molecule has 1 amide bonds. The number of benzene rings is 1. The summed E-state index contributed by atoms with van der Waals surface area (Å²) in [6.45, 7) is 0. The van der Waals surface area contributed by atoms with Gasteiger partial charge in [0.25, 0.3) is 5.91 Å². The number of rotatable bonds is 3. The molecule has 3 heterocycles. The molecule has 0 spiro atoms. The van der Waals surface area contributed by atoms with Crippen LogP contribution in [0.4, 0.5) is 5.13 Å². The second-order valence-corrected chi connectivity index (χ2v) is 5.55. The quantitative estimate of drug-likeness (QED) is 0.602. The predicted molar refractivity (Wildman–Crippen MR) is 84.6 cm³/mol. The van der Waals surface area contributed by atoms with E-state index in [1.165, 1.54) is 17.6 Å². The Hall–Kier alpha value is -3.13. The van der Waals surface area contributed by atoms with Crippen LogP contribution in [0.25, 0.3) is 22.4 Å². The van der Waals surface area contributed by atoms with Gasteiger partial charge in [-0.15, -0.1) is 11.3 Å².